The topological polar surface area (TPSA) is 87.7 Å². The van der Waals surface area contributed by atoms with Crippen LogP contribution in [0, 0.1) is 0 Å². The first-order valence-corrected chi connectivity index (χ1v) is 6.49. The van der Waals surface area contributed by atoms with Gasteiger partial charge in [0.1, 0.15) is 5.75 Å². The van der Waals surface area contributed by atoms with E-state index in [0.29, 0.717) is 21.5 Å². The molecule has 0 aromatic heterocycles. The van der Waals surface area contributed by atoms with E-state index < -0.39 is 6.10 Å². The Morgan fingerprint density at radius 2 is 2.37 bits per heavy atom. The first-order chi connectivity index (χ1) is 8.97. The molecule has 2 amide bonds. The van der Waals surface area contributed by atoms with Gasteiger partial charge in [-0.15, -0.1) is 0 Å². The SMILES string of the molecule is C[C@H](O)CNC(=O)c1cc2c(cc1Br)NC(=O)CO2. The Morgan fingerprint density at radius 1 is 1.63 bits per heavy atom. The van der Waals surface area contributed by atoms with Crippen LogP contribution in [-0.4, -0.2) is 36.2 Å². The van der Waals surface area contributed by atoms with Gasteiger partial charge in [-0.3, -0.25) is 9.59 Å². The lowest BCUT2D eigenvalue weighted by Gasteiger charge is -2.19. The van der Waals surface area contributed by atoms with Gasteiger partial charge in [0.05, 0.1) is 17.4 Å². The van der Waals surface area contributed by atoms with E-state index in [1.807, 2.05) is 0 Å². The Hall–Kier alpha value is -1.60. The predicted octanol–water partition coefficient (Wildman–Crippen LogP) is 0.891. The fraction of sp³-hybridized carbons (Fsp3) is 0.333. The quantitative estimate of drug-likeness (QED) is 0.769. The summed E-state index contributed by atoms with van der Waals surface area (Å²) in [6, 6.07) is 3.17. The van der Waals surface area contributed by atoms with Crippen LogP contribution in [0.1, 0.15) is 17.3 Å². The first kappa shape index (κ1) is 13.8. The fourth-order valence-corrected chi connectivity index (χ4v) is 2.13. The minimum absolute atomic E-state index is 0.0661. The van der Waals surface area contributed by atoms with Gasteiger partial charge in [0.25, 0.3) is 11.8 Å². The third-order valence-electron chi connectivity index (χ3n) is 2.50. The molecule has 0 spiro atoms. The number of aliphatic hydroxyl groups excluding tert-OH is 1. The van der Waals surface area contributed by atoms with Crippen LogP contribution in [0.25, 0.3) is 0 Å². The highest BCUT2D eigenvalue weighted by atomic mass is 79.9. The summed E-state index contributed by atoms with van der Waals surface area (Å²) in [5.74, 6) is -0.105. The second-order valence-electron chi connectivity index (χ2n) is 4.22. The molecule has 0 bridgehead atoms. The molecule has 0 radical (unpaired) electrons. The number of hydrogen-bond acceptors (Lipinski definition) is 4. The van der Waals surface area contributed by atoms with Gasteiger partial charge in [0.15, 0.2) is 6.61 Å². The van der Waals surface area contributed by atoms with Crippen LogP contribution in [0.2, 0.25) is 0 Å². The molecule has 1 heterocycles. The summed E-state index contributed by atoms with van der Waals surface area (Å²) in [5.41, 5.74) is 0.908. The average molecular weight is 329 g/mol. The molecule has 0 fully saturated rings. The Morgan fingerprint density at radius 3 is 3.05 bits per heavy atom. The maximum Gasteiger partial charge on any atom is 0.262 e. The van der Waals surface area contributed by atoms with Gasteiger partial charge in [-0.1, -0.05) is 0 Å². The van der Waals surface area contributed by atoms with Crippen molar-refractivity contribution >= 4 is 33.4 Å². The minimum Gasteiger partial charge on any atom is -0.482 e. The molecule has 0 aliphatic carbocycles. The highest BCUT2D eigenvalue weighted by Crippen LogP contribution is 2.33. The van der Waals surface area contributed by atoms with E-state index in [2.05, 4.69) is 26.6 Å². The third-order valence-corrected chi connectivity index (χ3v) is 3.16. The summed E-state index contributed by atoms with van der Waals surface area (Å²) in [7, 11) is 0. The summed E-state index contributed by atoms with van der Waals surface area (Å²) >= 11 is 3.27. The number of fused-ring (bicyclic) bond motifs is 1. The molecule has 6 nitrogen and oxygen atoms in total. The number of aliphatic hydroxyl groups is 1. The fourth-order valence-electron chi connectivity index (χ4n) is 1.61. The Bertz CT molecular complexity index is 531. The highest BCUT2D eigenvalue weighted by Gasteiger charge is 2.20. The standard InChI is InChI=1S/C12H13BrN2O4/c1-6(16)4-14-12(18)7-2-10-9(3-8(7)13)15-11(17)5-19-10/h2-3,6,16H,4-5H2,1H3,(H,14,18)(H,15,17)/t6-/m0/s1. The molecule has 1 aromatic rings. The second kappa shape index (κ2) is 5.58. The van der Waals surface area contributed by atoms with Crippen molar-refractivity contribution in [1.29, 1.82) is 0 Å². The number of carbonyl (C=O) groups is 2. The summed E-state index contributed by atoms with van der Waals surface area (Å²) in [5, 5.41) is 14.4. The van der Waals surface area contributed by atoms with Gasteiger partial charge in [-0.05, 0) is 35.0 Å². The molecule has 0 saturated heterocycles. The van der Waals surface area contributed by atoms with Crippen molar-refractivity contribution in [2.24, 2.45) is 0 Å². The van der Waals surface area contributed by atoms with E-state index in [0.717, 1.165) is 0 Å². The lowest BCUT2D eigenvalue weighted by atomic mass is 10.1. The molecular weight excluding hydrogens is 316 g/mol. The van der Waals surface area contributed by atoms with Crippen LogP contribution in [0.4, 0.5) is 5.69 Å². The van der Waals surface area contributed by atoms with Crippen molar-refractivity contribution in [2.75, 3.05) is 18.5 Å². The molecule has 102 valence electrons. The van der Waals surface area contributed by atoms with E-state index in [1.54, 1.807) is 19.1 Å². The molecule has 1 atom stereocenters. The normalized spacial score (nSPS) is 15.0. The van der Waals surface area contributed by atoms with Crippen molar-refractivity contribution in [1.82, 2.24) is 5.32 Å². The van der Waals surface area contributed by atoms with E-state index in [9.17, 15) is 9.59 Å². The number of halogens is 1. The van der Waals surface area contributed by atoms with Crippen molar-refractivity contribution in [3.8, 4) is 5.75 Å². The van der Waals surface area contributed by atoms with Gasteiger partial charge >= 0.3 is 0 Å². The molecule has 1 aliphatic heterocycles. The minimum atomic E-state index is -0.615. The van der Waals surface area contributed by atoms with E-state index in [4.69, 9.17) is 9.84 Å². The van der Waals surface area contributed by atoms with Crippen LogP contribution in [0.5, 0.6) is 5.75 Å². The van der Waals surface area contributed by atoms with Crippen LogP contribution in [0.15, 0.2) is 16.6 Å². The zero-order valence-electron chi connectivity index (χ0n) is 10.2. The van der Waals surface area contributed by atoms with Gasteiger partial charge in [0.2, 0.25) is 0 Å². The first-order valence-electron chi connectivity index (χ1n) is 5.70. The zero-order valence-corrected chi connectivity index (χ0v) is 11.8. The Balaban J connectivity index is 2.22. The average Bonchev–Trinajstić information content (AvgIpc) is 2.35. The molecule has 19 heavy (non-hydrogen) atoms. The maximum absolute atomic E-state index is 11.9. The summed E-state index contributed by atoms with van der Waals surface area (Å²) < 4.78 is 5.79. The van der Waals surface area contributed by atoms with Crippen molar-refractivity contribution in [2.45, 2.75) is 13.0 Å². The van der Waals surface area contributed by atoms with Crippen LogP contribution >= 0.6 is 15.9 Å². The smallest absolute Gasteiger partial charge is 0.262 e. The number of carbonyl (C=O) groups excluding carboxylic acids is 2. The number of benzene rings is 1. The largest absolute Gasteiger partial charge is 0.482 e. The third kappa shape index (κ3) is 3.24. The van der Waals surface area contributed by atoms with Crippen molar-refractivity contribution in [3.63, 3.8) is 0 Å². The van der Waals surface area contributed by atoms with Crippen molar-refractivity contribution in [3.05, 3.63) is 22.2 Å². The van der Waals surface area contributed by atoms with Crippen LogP contribution < -0.4 is 15.4 Å². The number of amides is 2. The van der Waals surface area contributed by atoms with Crippen LogP contribution in [0.3, 0.4) is 0 Å². The van der Waals surface area contributed by atoms with Gasteiger partial charge < -0.3 is 20.5 Å². The molecular formula is C12H13BrN2O4. The van der Waals surface area contributed by atoms with Gasteiger partial charge in [-0.2, -0.15) is 0 Å². The lowest BCUT2D eigenvalue weighted by molar-refractivity contribution is -0.118. The number of nitrogens with one attached hydrogen (secondary N) is 2. The van der Waals surface area contributed by atoms with E-state index in [-0.39, 0.29) is 25.0 Å². The zero-order chi connectivity index (χ0) is 14.0. The van der Waals surface area contributed by atoms with Crippen molar-refractivity contribution < 1.29 is 19.4 Å². The molecule has 1 aromatic carbocycles. The van der Waals surface area contributed by atoms with E-state index in [1.165, 1.54) is 0 Å². The number of rotatable bonds is 3. The molecule has 0 saturated carbocycles. The lowest BCUT2D eigenvalue weighted by Crippen LogP contribution is -2.31. The predicted molar refractivity (Wildman–Crippen MR) is 72.3 cm³/mol. The number of anilines is 1. The molecule has 3 N–H and O–H groups in total. The highest BCUT2D eigenvalue weighted by molar-refractivity contribution is 9.10. The summed E-state index contributed by atoms with van der Waals surface area (Å²) in [6.07, 6.45) is -0.615. The van der Waals surface area contributed by atoms with Gasteiger partial charge in [-0.25, -0.2) is 0 Å². The number of hydrogen-bond donors (Lipinski definition) is 3. The van der Waals surface area contributed by atoms with Crippen LogP contribution in [-0.2, 0) is 4.79 Å². The molecule has 0 unspecified atom stereocenters. The Kier molecular flexibility index (Phi) is 4.06. The molecule has 1 aliphatic rings. The molecule has 2 rings (SSSR count). The Labute approximate surface area is 118 Å². The summed E-state index contributed by atoms with van der Waals surface area (Å²) in [4.78, 5) is 23.1. The van der Waals surface area contributed by atoms with E-state index >= 15 is 0 Å². The summed E-state index contributed by atoms with van der Waals surface area (Å²) in [6.45, 7) is 1.68. The monoisotopic (exact) mass is 328 g/mol. The number of ether oxygens (including phenoxy) is 1. The second-order valence-corrected chi connectivity index (χ2v) is 5.08. The molecule has 7 heteroatoms. The van der Waals surface area contributed by atoms with Gasteiger partial charge in [0, 0.05) is 11.0 Å². The maximum atomic E-state index is 11.9.